The van der Waals surface area contributed by atoms with Crippen LogP contribution in [0.2, 0.25) is 0 Å². The maximum atomic E-state index is 11.7. The van der Waals surface area contributed by atoms with Crippen LogP contribution in [-0.4, -0.2) is 34.7 Å². The lowest BCUT2D eigenvalue weighted by molar-refractivity contribution is -0.125. The van der Waals surface area contributed by atoms with Gasteiger partial charge in [-0.1, -0.05) is 13.8 Å². The fraction of sp³-hybridized carbons (Fsp3) is 0.429. The van der Waals surface area contributed by atoms with Crippen molar-refractivity contribution in [3.63, 3.8) is 0 Å². The quantitative estimate of drug-likeness (QED) is 0.709. The van der Waals surface area contributed by atoms with Crippen LogP contribution in [0, 0.1) is 5.92 Å². The van der Waals surface area contributed by atoms with Gasteiger partial charge in [0.1, 0.15) is 17.1 Å². The number of hydrogen-bond donors (Lipinski definition) is 3. The number of carbonyl (C=O) groups is 2. The second-order valence-corrected chi connectivity index (χ2v) is 4.88. The van der Waals surface area contributed by atoms with E-state index in [0.29, 0.717) is 0 Å². The normalized spacial score (nSPS) is 12.0. The summed E-state index contributed by atoms with van der Waals surface area (Å²) in [6, 6.07) is 3.47. The van der Waals surface area contributed by atoms with Crippen LogP contribution in [0.15, 0.2) is 18.2 Å². The van der Waals surface area contributed by atoms with Gasteiger partial charge < -0.3 is 20.3 Å². The number of phenolic OH excluding ortho intramolecular Hbond substituents is 2. The predicted molar refractivity (Wildman–Crippen MR) is 72.5 cm³/mol. The molecule has 1 rings (SSSR count). The number of carbonyl (C=O) groups excluding carboxylic acids is 2. The zero-order chi connectivity index (χ0) is 15.3. The SMILES string of the molecule is CC(C)[C@@H](C)NC(=O)COC(=O)c1ccc(O)cc1O. The zero-order valence-electron chi connectivity index (χ0n) is 11.7. The standard InChI is InChI=1S/C14H19NO5/c1-8(2)9(3)15-13(18)7-20-14(19)11-5-4-10(16)6-12(11)17/h4-6,8-9,16-17H,7H2,1-3H3,(H,15,18)/t9-/m1/s1. The second-order valence-electron chi connectivity index (χ2n) is 4.88. The summed E-state index contributed by atoms with van der Waals surface area (Å²) < 4.78 is 4.80. The van der Waals surface area contributed by atoms with Gasteiger partial charge in [0.25, 0.3) is 5.91 Å². The number of ether oxygens (including phenoxy) is 1. The van der Waals surface area contributed by atoms with E-state index in [2.05, 4.69) is 5.32 Å². The van der Waals surface area contributed by atoms with Gasteiger partial charge in [-0.05, 0) is 25.0 Å². The molecule has 0 heterocycles. The number of phenols is 2. The molecule has 0 spiro atoms. The highest BCUT2D eigenvalue weighted by Crippen LogP contribution is 2.23. The van der Waals surface area contributed by atoms with Crippen molar-refractivity contribution in [1.29, 1.82) is 0 Å². The first-order chi connectivity index (χ1) is 9.31. The van der Waals surface area contributed by atoms with E-state index >= 15 is 0 Å². The van der Waals surface area contributed by atoms with E-state index in [-0.39, 0.29) is 23.3 Å². The lowest BCUT2D eigenvalue weighted by Crippen LogP contribution is -2.38. The van der Waals surface area contributed by atoms with E-state index in [9.17, 15) is 14.7 Å². The minimum atomic E-state index is -0.824. The van der Waals surface area contributed by atoms with Gasteiger partial charge >= 0.3 is 5.97 Å². The molecule has 3 N–H and O–H groups in total. The molecule has 0 saturated heterocycles. The summed E-state index contributed by atoms with van der Waals surface area (Å²) in [5, 5.41) is 21.3. The van der Waals surface area contributed by atoms with Gasteiger partial charge in [-0.25, -0.2) is 4.79 Å². The van der Waals surface area contributed by atoms with Crippen LogP contribution in [0.25, 0.3) is 0 Å². The van der Waals surface area contributed by atoms with Gasteiger partial charge in [0.05, 0.1) is 0 Å². The Morgan fingerprint density at radius 1 is 1.25 bits per heavy atom. The van der Waals surface area contributed by atoms with Crippen molar-refractivity contribution in [2.45, 2.75) is 26.8 Å². The van der Waals surface area contributed by atoms with Crippen LogP contribution in [0.3, 0.4) is 0 Å². The topological polar surface area (TPSA) is 95.9 Å². The van der Waals surface area contributed by atoms with E-state index < -0.39 is 24.2 Å². The molecule has 1 aromatic rings. The van der Waals surface area contributed by atoms with E-state index in [4.69, 9.17) is 9.84 Å². The molecule has 0 aliphatic rings. The number of hydrogen-bond acceptors (Lipinski definition) is 5. The van der Waals surface area contributed by atoms with Crippen molar-refractivity contribution >= 4 is 11.9 Å². The molecule has 0 radical (unpaired) electrons. The van der Waals surface area contributed by atoms with Gasteiger partial charge in [0, 0.05) is 12.1 Å². The van der Waals surface area contributed by atoms with Crippen molar-refractivity contribution in [2.75, 3.05) is 6.61 Å². The Balaban J connectivity index is 2.53. The summed E-state index contributed by atoms with van der Waals surface area (Å²) in [6.45, 7) is 5.36. The van der Waals surface area contributed by atoms with E-state index in [1.165, 1.54) is 12.1 Å². The largest absolute Gasteiger partial charge is 0.508 e. The van der Waals surface area contributed by atoms with Crippen LogP contribution in [0.5, 0.6) is 11.5 Å². The Morgan fingerprint density at radius 3 is 2.45 bits per heavy atom. The Labute approximate surface area is 117 Å². The molecule has 0 unspecified atom stereocenters. The summed E-state index contributed by atoms with van der Waals surface area (Å²) >= 11 is 0. The Kier molecular flexibility index (Phi) is 5.37. The molecule has 0 aliphatic carbocycles. The van der Waals surface area contributed by atoms with Gasteiger partial charge in [0.15, 0.2) is 6.61 Å². The Bertz CT molecular complexity index is 498. The lowest BCUT2D eigenvalue weighted by atomic mass is 10.1. The van der Waals surface area contributed by atoms with Crippen molar-refractivity contribution in [2.24, 2.45) is 5.92 Å². The fourth-order valence-corrected chi connectivity index (χ4v) is 1.36. The minimum Gasteiger partial charge on any atom is -0.508 e. The third-order valence-electron chi connectivity index (χ3n) is 2.92. The summed E-state index contributed by atoms with van der Waals surface area (Å²) in [4.78, 5) is 23.2. The highest BCUT2D eigenvalue weighted by atomic mass is 16.5. The smallest absolute Gasteiger partial charge is 0.342 e. The molecule has 0 aromatic heterocycles. The van der Waals surface area contributed by atoms with Gasteiger partial charge in [-0.2, -0.15) is 0 Å². The van der Waals surface area contributed by atoms with Crippen LogP contribution in [-0.2, 0) is 9.53 Å². The van der Waals surface area contributed by atoms with Crippen molar-refractivity contribution < 1.29 is 24.5 Å². The second kappa shape index (κ2) is 6.79. The molecule has 1 amide bonds. The molecule has 0 bridgehead atoms. The molecule has 1 atom stereocenters. The van der Waals surface area contributed by atoms with E-state index in [1.807, 2.05) is 20.8 Å². The van der Waals surface area contributed by atoms with Crippen LogP contribution in [0.4, 0.5) is 0 Å². The van der Waals surface area contributed by atoms with Gasteiger partial charge in [0.2, 0.25) is 0 Å². The highest BCUT2D eigenvalue weighted by Gasteiger charge is 2.16. The molecular weight excluding hydrogens is 262 g/mol. The number of amides is 1. The van der Waals surface area contributed by atoms with Crippen LogP contribution >= 0.6 is 0 Å². The highest BCUT2D eigenvalue weighted by molar-refractivity contribution is 5.94. The average molecular weight is 281 g/mol. The molecule has 0 aliphatic heterocycles. The first-order valence-corrected chi connectivity index (χ1v) is 6.29. The van der Waals surface area contributed by atoms with E-state index in [1.54, 1.807) is 0 Å². The number of nitrogens with one attached hydrogen (secondary N) is 1. The third kappa shape index (κ3) is 4.46. The number of benzene rings is 1. The molecule has 110 valence electrons. The first-order valence-electron chi connectivity index (χ1n) is 6.29. The predicted octanol–water partition coefficient (Wildman–Crippen LogP) is 1.42. The zero-order valence-corrected chi connectivity index (χ0v) is 11.7. The molecule has 0 saturated carbocycles. The maximum absolute atomic E-state index is 11.7. The van der Waals surface area contributed by atoms with Gasteiger partial charge in [-0.15, -0.1) is 0 Å². The maximum Gasteiger partial charge on any atom is 0.342 e. The van der Waals surface area contributed by atoms with Gasteiger partial charge in [-0.3, -0.25) is 4.79 Å². The molecule has 0 fully saturated rings. The summed E-state index contributed by atoms with van der Waals surface area (Å²) in [5.41, 5.74) is -0.104. The van der Waals surface area contributed by atoms with Crippen molar-refractivity contribution in [1.82, 2.24) is 5.32 Å². The summed E-state index contributed by atoms with van der Waals surface area (Å²) in [7, 11) is 0. The summed E-state index contributed by atoms with van der Waals surface area (Å²) in [5.74, 6) is -1.52. The van der Waals surface area contributed by atoms with Crippen molar-refractivity contribution in [3.8, 4) is 11.5 Å². The number of rotatable bonds is 5. The number of esters is 1. The lowest BCUT2D eigenvalue weighted by Gasteiger charge is -2.17. The van der Waals surface area contributed by atoms with Crippen LogP contribution in [0.1, 0.15) is 31.1 Å². The number of aromatic hydroxyl groups is 2. The summed E-state index contributed by atoms with van der Waals surface area (Å²) in [6.07, 6.45) is 0. The Hall–Kier alpha value is -2.24. The fourth-order valence-electron chi connectivity index (χ4n) is 1.36. The monoisotopic (exact) mass is 281 g/mol. The molecular formula is C14H19NO5. The molecule has 6 nitrogen and oxygen atoms in total. The Morgan fingerprint density at radius 2 is 1.90 bits per heavy atom. The molecule has 6 heteroatoms. The molecule has 20 heavy (non-hydrogen) atoms. The third-order valence-corrected chi connectivity index (χ3v) is 2.92. The average Bonchev–Trinajstić information content (AvgIpc) is 2.35. The van der Waals surface area contributed by atoms with Crippen LogP contribution < -0.4 is 5.32 Å². The van der Waals surface area contributed by atoms with Crippen molar-refractivity contribution in [3.05, 3.63) is 23.8 Å². The first kappa shape index (κ1) is 15.8. The minimum absolute atomic E-state index is 0.0247. The van der Waals surface area contributed by atoms with E-state index in [0.717, 1.165) is 6.07 Å². The molecule has 1 aromatic carbocycles.